The molecule has 0 aliphatic rings. The van der Waals surface area contributed by atoms with E-state index in [2.05, 4.69) is 5.32 Å². The van der Waals surface area contributed by atoms with E-state index in [4.69, 9.17) is 10.2 Å². The second-order valence-electron chi connectivity index (χ2n) is 4.00. The maximum absolute atomic E-state index is 10.5. The smallest absolute Gasteiger partial charge is 0.217 e. The Morgan fingerprint density at radius 2 is 2.18 bits per heavy atom. The second kappa shape index (κ2) is 5.50. The van der Waals surface area contributed by atoms with Crippen LogP contribution in [0.25, 0.3) is 11.0 Å². The summed E-state index contributed by atoms with van der Waals surface area (Å²) in [6.07, 6.45) is 2.97. The molecule has 3 N–H and O–H groups in total. The Kier molecular flexibility index (Phi) is 3.77. The first-order valence-corrected chi connectivity index (χ1v) is 5.71. The molecule has 1 aromatic carbocycles. The summed E-state index contributed by atoms with van der Waals surface area (Å²) < 4.78 is 5.43. The van der Waals surface area contributed by atoms with Crippen molar-refractivity contribution in [3.8, 4) is 0 Å². The first-order valence-electron chi connectivity index (χ1n) is 5.71. The zero-order valence-corrected chi connectivity index (χ0v) is 9.61. The van der Waals surface area contributed by atoms with Gasteiger partial charge < -0.3 is 15.5 Å². The largest absolute Gasteiger partial charge is 0.464 e. The van der Waals surface area contributed by atoms with Gasteiger partial charge in [0, 0.05) is 23.9 Å². The van der Waals surface area contributed by atoms with Gasteiger partial charge >= 0.3 is 0 Å². The van der Waals surface area contributed by atoms with E-state index in [1.54, 1.807) is 6.26 Å². The minimum absolute atomic E-state index is 0.249. The van der Waals surface area contributed by atoms with Crippen LogP contribution < -0.4 is 11.1 Å². The molecule has 0 radical (unpaired) electrons. The van der Waals surface area contributed by atoms with Crippen LogP contribution in [0.5, 0.6) is 0 Å². The van der Waals surface area contributed by atoms with E-state index in [1.807, 2.05) is 24.3 Å². The molecule has 4 nitrogen and oxygen atoms in total. The number of rotatable bonds is 6. The zero-order valence-electron chi connectivity index (χ0n) is 9.61. The zero-order chi connectivity index (χ0) is 12.1. The third-order valence-electron chi connectivity index (χ3n) is 2.65. The van der Waals surface area contributed by atoms with E-state index in [-0.39, 0.29) is 5.91 Å². The molecule has 1 amide bonds. The molecular weight excluding hydrogens is 216 g/mol. The van der Waals surface area contributed by atoms with Crippen molar-refractivity contribution in [3.05, 3.63) is 36.1 Å². The Bertz CT molecular complexity index is 505. The van der Waals surface area contributed by atoms with E-state index in [9.17, 15) is 4.79 Å². The van der Waals surface area contributed by atoms with Crippen molar-refractivity contribution in [1.29, 1.82) is 0 Å². The number of furan rings is 1. The normalized spacial score (nSPS) is 10.8. The van der Waals surface area contributed by atoms with E-state index in [1.165, 1.54) is 0 Å². The number of hydrogen-bond donors (Lipinski definition) is 2. The van der Waals surface area contributed by atoms with E-state index in [0.717, 1.165) is 36.0 Å². The van der Waals surface area contributed by atoms with E-state index >= 15 is 0 Å². The highest BCUT2D eigenvalue weighted by molar-refractivity contribution is 5.80. The molecule has 1 heterocycles. The SMILES string of the molecule is NC(=O)CCCNCc1coc2ccccc12. The molecule has 0 atom stereocenters. The average molecular weight is 232 g/mol. The van der Waals surface area contributed by atoms with Gasteiger partial charge in [0.25, 0.3) is 0 Å². The van der Waals surface area contributed by atoms with Crippen molar-refractivity contribution in [1.82, 2.24) is 5.32 Å². The van der Waals surface area contributed by atoms with Crippen molar-refractivity contribution in [2.75, 3.05) is 6.54 Å². The molecule has 4 heteroatoms. The number of fused-ring (bicyclic) bond motifs is 1. The molecule has 0 saturated carbocycles. The van der Waals surface area contributed by atoms with Gasteiger partial charge in [0.05, 0.1) is 6.26 Å². The molecule has 0 spiro atoms. The van der Waals surface area contributed by atoms with Gasteiger partial charge in [-0.3, -0.25) is 4.79 Å². The Morgan fingerprint density at radius 3 is 3.00 bits per heavy atom. The summed E-state index contributed by atoms with van der Waals surface area (Å²) in [5.41, 5.74) is 7.10. The Balaban J connectivity index is 1.85. The number of nitrogens with one attached hydrogen (secondary N) is 1. The van der Waals surface area contributed by atoms with Crippen LogP contribution in [0.15, 0.2) is 34.9 Å². The van der Waals surface area contributed by atoms with Crippen LogP contribution in [0.3, 0.4) is 0 Å². The number of amides is 1. The van der Waals surface area contributed by atoms with Gasteiger partial charge in [0.1, 0.15) is 5.58 Å². The van der Waals surface area contributed by atoms with Gasteiger partial charge in [-0.15, -0.1) is 0 Å². The number of hydrogen-bond acceptors (Lipinski definition) is 3. The molecule has 90 valence electrons. The number of benzene rings is 1. The highest BCUT2D eigenvalue weighted by Gasteiger charge is 2.03. The number of para-hydroxylation sites is 1. The summed E-state index contributed by atoms with van der Waals surface area (Å²) >= 11 is 0. The van der Waals surface area contributed by atoms with Crippen molar-refractivity contribution in [2.45, 2.75) is 19.4 Å². The molecule has 1 aromatic heterocycles. The van der Waals surface area contributed by atoms with Gasteiger partial charge in [-0.1, -0.05) is 18.2 Å². The summed E-state index contributed by atoms with van der Waals surface area (Å²) in [5.74, 6) is -0.249. The lowest BCUT2D eigenvalue weighted by atomic mass is 10.2. The standard InChI is InChI=1S/C13H16N2O2/c14-13(16)6-3-7-15-8-10-9-17-12-5-2-1-4-11(10)12/h1-2,4-5,9,15H,3,6-8H2,(H2,14,16). The van der Waals surface area contributed by atoms with Crippen LogP contribution >= 0.6 is 0 Å². The van der Waals surface area contributed by atoms with Crippen molar-refractivity contribution in [3.63, 3.8) is 0 Å². The van der Waals surface area contributed by atoms with Crippen LogP contribution in [0.1, 0.15) is 18.4 Å². The highest BCUT2D eigenvalue weighted by Crippen LogP contribution is 2.20. The van der Waals surface area contributed by atoms with Gasteiger partial charge in [0.15, 0.2) is 0 Å². The Morgan fingerprint density at radius 1 is 1.35 bits per heavy atom. The third kappa shape index (κ3) is 3.07. The summed E-state index contributed by atoms with van der Waals surface area (Å²) in [5, 5.41) is 4.40. The van der Waals surface area contributed by atoms with E-state index < -0.39 is 0 Å². The molecule has 2 aromatic rings. The minimum atomic E-state index is -0.249. The molecule has 0 aliphatic heterocycles. The van der Waals surface area contributed by atoms with Crippen LogP contribution in [0.4, 0.5) is 0 Å². The molecule has 0 unspecified atom stereocenters. The summed E-state index contributed by atoms with van der Waals surface area (Å²) in [7, 11) is 0. The third-order valence-corrected chi connectivity index (χ3v) is 2.65. The van der Waals surface area contributed by atoms with Gasteiger partial charge in [0.2, 0.25) is 5.91 Å². The Labute approximate surface area is 99.8 Å². The second-order valence-corrected chi connectivity index (χ2v) is 4.00. The lowest BCUT2D eigenvalue weighted by Gasteiger charge is -2.01. The monoisotopic (exact) mass is 232 g/mol. The number of carbonyl (C=O) groups excluding carboxylic acids is 1. The fourth-order valence-corrected chi connectivity index (χ4v) is 1.78. The quantitative estimate of drug-likeness (QED) is 0.746. The molecule has 0 bridgehead atoms. The van der Waals surface area contributed by atoms with Crippen LogP contribution in [0.2, 0.25) is 0 Å². The van der Waals surface area contributed by atoms with Crippen LogP contribution in [-0.2, 0) is 11.3 Å². The Hall–Kier alpha value is -1.81. The summed E-state index contributed by atoms with van der Waals surface area (Å²) in [6.45, 7) is 1.53. The molecular formula is C13H16N2O2. The summed E-state index contributed by atoms with van der Waals surface area (Å²) in [4.78, 5) is 10.5. The average Bonchev–Trinajstić information content (AvgIpc) is 2.72. The van der Waals surface area contributed by atoms with Crippen molar-refractivity contribution >= 4 is 16.9 Å². The van der Waals surface area contributed by atoms with Crippen molar-refractivity contribution in [2.24, 2.45) is 5.73 Å². The first-order chi connectivity index (χ1) is 8.27. The number of primary amides is 1. The van der Waals surface area contributed by atoms with Gasteiger partial charge in [-0.25, -0.2) is 0 Å². The maximum atomic E-state index is 10.5. The molecule has 2 rings (SSSR count). The van der Waals surface area contributed by atoms with Crippen LogP contribution in [-0.4, -0.2) is 12.5 Å². The molecule has 0 aliphatic carbocycles. The fourth-order valence-electron chi connectivity index (χ4n) is 1.78. The molecule has 0 saturated heterocycles. The maximum Gasteiger partial charge on any atom is 0.217 e. The van der Waals surface area contributed by atoms with Crippen molar-refractivity contribution < 1.29 is 9.21 Å². The molecule has 0 fully saturated rings. The predicted molar refractivity (Wildman–Crippen MR) is 66.3 cm³/mol. The van der Waals surface area contributed by atoms with E-state index in [0.29, 0.717) is 6.42 Å². The topological polar surface area (TPSA) is 68.3 Å². The lowest BCUT2D eigenvalue weighted by Crippen LogP contribution is -2.17. The highest BCUT2D eigenvalue weighted by atomic mass is 16.3. The number of nitrogens with two attached hydrogens (primary N) is 1. The molecule has 17 heavy (non-hydrogen) atoms. The first kappa shape index (κ1) is 11.7. The summed E-state index contributed by atoms with van der Waals surface area (Å²) in [6, 6.07) is 7.94. The van der Waals surface area contributed by atoms with Gasteiger partial charge in [-0.05, 0) is 19.0 Å². The fraction of sp³-hybridized carbons (Fsp3) is 0.308. The lowest BCUT2D eigenvalue weighted by molar-refractivity contribution is -0.118. The van der Waals surface area contributed by atoms with Crippen LogP contribution in [0, 0.1) is 0 Å². The number of carbonyl (C=O) groups is 1. The predicted octanol–water partition coefficient (Wildman–Crippen LogP) is 1.79. The minimum Gasteiger partial charge on any atom is -0.464 e. The van der Waals surface area contributed by atoms with Gasteiger partial charge in [-0.2, -0.15) is 0 Å².